The minimum absolute atomic E-state index is 0.0331. The van der Waals surface area contributed by atoms with E-state index in [1.54, 1.807) is 0 Å². The molecule has 0 aromatic heterocycles. The third-order valence-electron chi connectivity index (χ3n) is 3.71. The molecule has 1 aliphatic rings. The number of hydrogen-bond acceptors (Lipinski definition) is 2. The Morgan fingerprint density at radius 2 is 1.95 bits per heavy atom. The fourth-order valence-corrected chi connectivity index (χ4v) is 2.67. The molecule has 1 aliphatic carbocycles. The SMILES string of the molecule is NC1CCCCC1C(=O)Nc1cc(C(F)(F)F)ccc1Cl. The lowest BCUT2D eigenvalue weighted by Gasteiger charge is -2.27. The summed E-state index contributed by atoms with van der Waals surface area (Å²) < 4.78 is 38.0. The van der Waals surface area contributed by atoms with E-state index in [1.807, 2.05) is 0 Å². The zero-order valence-electron chi connectivity index (χ0n) is 11.2. The summed E-state index contributed by atoms with van der Waals surface area (Å²) in [6.45, 7) is 0. The van der Waals surface area contributed by atoms with Gasteiger partial charge in [-0.3, -0.25) is 4.79 Å². The van der Waals surface area contributed by atoms with E-state index in [-0.39, 0.29) is 28.6 Å². The van der Waals surface area contributed by atoms with Crippen molar-refractivity contribution in [1.29, 1.82) is 0 Å². The van der Waals surface area contributed by atoms with Crippen LogP contribution >= 0.6 is 11.6 Å². The van der Waals surface area contributed by atoms with Gasteiger partial charge in [0.15, 0.2) is 0 Å². The third-order valence-corrected chi connectivity index (χ3v) is 4.04. The topological polar surface area (TPSA) is 55.1 Å². The first-order valence-corrected chi connectivity index (χ1v) is 7.10. The maximum Gasteiger partial charge on any atom is 0.416 e. The van der Waals surface area contributed by atoms with Crippen molar-refractivity contribution in [2.45, 2.75) is 37.9 Å². The molecule has 1 aromatic rings. The van der Waals surface area contributed by atoms with Gasteiger partial charge in [-0.05, 0) is 31.0 Å². The highest BCUT2D eigenvalue weighted by Crippen LogP contribution is 2.34. The molecule has 116 valence electrons. The van der Waals surface area contributed by atoms with Gasteiger partial charge in [-0.1, -0.05) is 24.4 Å². The van der Waals surface area contributed by atoms with E-state index >= 15 is 0 Å². The van der Waals surface area contributed by atoms with Crippen LogP contribution in [0.5, 0.6) is 0 Å². The van der Waals surface area contributed by atoms with Gasteiger partial charge < -0.3 is 11.1 Å². The van der Waals surface area contributed by atoms with Gasteiger partial charge in [-0.25, -0.2) is 0 Å². The van der Waals surface area contributed by atoms with E-state index < -0.39 is 11.7 Å². The van der Waals surface area contributed by atoms with Gasteiger partial charge in [0, 0.05) is 6.04 Å². The van der Waals surface area contributed by atoms with Gasteiger partial charge in [0.05, 0.1) is 22.2 Å². The van der Waals surface area contributed by atoms with Crippen LogP contribution in [0.4, 0.5) is 18.9 Å². The summed E-state index contributed by atoms with van der Waals surface area (Å²) in [5.74, 6) is -0.757. The fourth-order valence-electron chi connectivity index (χ4n) is 2.51. The average molecular weight is 321 g/mol. The molecule has 2 unspecified atom stereocenters. The van der Waals surface area contributed by atoms with Crippen molar-refractivity contribution in [1.82, 2.24) is 0 Å². The molecule has 1 aromatic carbocycles. The largest absolute Gasteiger partial charge is 0.416 e. The van der Waals surface area contributed by atoms with Crippen molar-refractivity contribution >= 4 is 23.2 Å². The first-order valence-electron chi connectivity index (χ1n) is 6.72. The second-order valence-corrected chi connectivity index (χ2v) is 5.64. The van der Waals surface area contributed by atoms with Crippen LogP contribution in [0.1, 0.15) is 31.2 Å². The summed E-state index contributed by atoms with van der Waals surface area (Å²) in [6.07, 6.45) is -1.24. The Balaban J connectivity index is 2.16. The fraction of sp³-hybridized carbons (Fsp3) is 0.500. The lowest BCUT2D eigenvalue weighted by molar-refractivity contribution is -0.137. The van der Waals surface area contributed by atoms with Crippen LogP contribution in [0.25, 0.3) is 0 Å². The van der Waals surface area contributed by atoms with Crippen molar-refractivity contribution < 1.29 is 18.0 Å². The van der Waals surface area contributed by atoms with Gasteiger partial charge in [0.2, 0.25) is 5.91 Å². The number of alkyl halides is 3. The second kappa shape index (κ2) is 6.23. The molecule has 3 N–H and O–H groups in total. The van der Waals surface area contributed by atoms with Crippen LogP contribution in [-0.2, 0) is 11.0 Å². The number of nitrogens with one attached hydrogen (secondary N) is 1. The van der Waals surface area contributed by atoms with Crippen molar-refractivity contribution in [2.75, 3.05) is 5.32 Å². The van der Waals surface area contributed by atoms with Gasteiger partial charge in [0.25, 0.3) is 0 Å². The third kappa shape index (κ3) is 3.89. The quantitative estimate of drug-likeness (QED) is 0.870. The number of carbonyl (C=O) groups excluding carboxylic acids is 1. The molecule has 0 spiro atoms. The predicted octanol–water partition coefficient (Wildman–Crippen LogP) is 3.81. The molecule has 2 rings (SSSR count). The second-order valence-electron chi connectivity index (χ2n) is 5.24. The molecule has 0 aliphatic heterocycles. The highest BCUT2D eigenvalue weighted by atomic mass is 35.5. The smallest absolute Gasteiger partial charge is 0.327 e. The summed E-state index contributed by atoms with van der Waals surface area (Å²) in [5, 5.41) is 2.54. The standard InChI is InChI=1S/C14H16ClF3N2O/c15-10-6-5-8(14(16,17)18)7-12(10)20-13(21)9-3-1-2-4-11(9)19/h5-7,9,11H,1-4,19H2,(H,20,21). The minimum Gasteiger partial charge on any atom is -0.327 e. The van der Waals surface area contributed by atoms with Crippen LogP contribution in [0.2, 0.25) is 5.02 Å². The Labute approximate surface area is 125 Å². The van der Waals surface area contributed by atoms with Crippen LogP contribution in [0.3, 0.4) is 0 Å². The number of amides is 1. The van der Waals surface area contributed by atoms with Gasteiger partial charge in [-0.2, -0.15) is 13.2 Å². The maximum absolute atomic E-state index is 12.7. The first-order chi connectivity index (χ1) is 9.79. The Morgan fingerprint density at radius 1 is 1.29 bits per heavy atom. The first kappa shape index (κ1) is 16.1. The summed E-state index contributed by atoms with van der Waals surface area (Å²) in [4.78, 5) is 12.2. The number of halogens is 4. The van der Waals surface area contributed by atoms with Crippen LogP contribution < -0.4 is 11.1 Å². The molecule has 0 heterocycles. The van der Waals surface area contributed by atoms with Crippen molar-refractivity contribution in [3.05, 3.63) is 28.8 Å². The molecular formula is C14H16ClF3N2O. The minimum atomic E-state index is -4.48. The van der Waals surface area contributed by atoms with E-state index in [2.05, 4.69) is 5.32 Å². The van der Waals surface area contributed by atoms with Crippen molar-refractivity contribution in [3.8, 4) is 0 Å². The number of nitrogens with two attached hydrogens (primary N) is 1. The normalized spacial score (nSPS) is 22.9. The molecule has 7 heteroatoms. The zero-order valence-corrected chi connectivity index (χ0v) is 12.0. The van der Waals surface area contributed by atoms with E-state index in [1.165, 1.54) is 0 Å². The predicted molar refractivity (Wildman–Crippen MR) is 75.0 cm³/mol. The zero-order chi connectivity index (χ0) is 15.6. The van der Waals surface area contributed by atoms with Gasteiger partial charge >= 0.3 is 6.18 Å². The number of benzene rings is 1. The molecule has 0 radical (unpaired) electrons. The number of carbonyl (C=O) groups is 1. The Kier molecular flexibility index (Phi) is 4.78. The highest BCUT2D eigenvalue weighted by molar-refractivity contribution is 6.33. The number of anilines is 1. The molecular weight excluding hydrogens is 305 g/mol. The van der Waals surface area contributed by atoms with Crippen molar-refractivity contribution in [3.63, 3.8) is 0 Å². The van der Waals surface area contributed by atoms with E-state index in [9.17, 15) is 18.0 Å². The van der Waals surface area contributed by atoms with Crippen LogP contribution in [0, 0.1) is 5.92 Å². The molecule has 1 saturated carbocycles. The molecule has 2 atom stereocenters. The lowest BCUT2D eigenvalue weighted by Crippen LogP contribution is -2.40. The Morgan fingerprint density at radius 3 is 2.57 bits per heavy atom. The van der Waals surface area contributed by atoms with E-state index in [4.69, 9.17) is 17.3 Å². The molecule has 0 bridgehead atoms. The number of rotatable bonds is 2. The van der Waals surface area contributed by atoms with Gasteiger partial charge in [0.1, 0.15) is 0 Å². The van der Waals surface area contributed by atoms with E-state index in [0.29, 0.717) is 6.42 Å². The van der Waals surface area contributed by atoms with Crippen LogP contribution in [-0.4, -0.2) is 11.9 Å². The van der Waals surface area contributed by atoms with Gasteiger partial charge in [-0.15, -0.1) is 0 Å². The van der Waals surface area contributed by atoms with E-state index in [0.717, 1.165) is 37.5 Å². The summed E-state index contributed by atoms with van der Waals surface area (Å²) in [5.41, 5.74) is 5.01. The molecule has 1 fully saturated rings. The average Bonchev–Trinajstić information content (AvgIpc) is 2.40. The number of hydrogen-bond donors (Lipinski definition) is 2. The Bertz CT molecular complexity index is 533. The summed E-state index contributed by atoms with van der Waals surface area (Å²) in [7, 11) is 0. The summed E-state index contributed by atoms with van der Waals surface area (Å²) >= 11 is 5.85. The molecule has 0 saturated heterocycles. The van der Waals surface area contributed by atoms with Crippen LogP contribution in [0.15, 0.2) is 18.2 Å². The highest BCUT2D eigenvalue weighted by Gasteiger charge is 2.32. The lowest BCUT2D eigenvalue weighted by atomic mass is 9.84. The maximum atomic E-state index is 12.7. The molecule has 21 heavy (non-hydrogen) atoms. The monoisotopic (exact) mass is 320 g/mol. The Hall–Kier alpha value is -1.27. The molecule has 3 nitrogen and oxygen atoms in total. The van der Waals surface area contributed by atoms with Crippen molar-refractivity contribution in [2.24, 2.45) is 11.7 Å². The molecule has 1 amide bonds. The summed E-state index contributed by atoms with van der Waals surface area (Å²) in [6, 6.07) is 2.59.